The highest BCUT2D eigenvalue weighted by Gasteiger charge is 2.22. The molecule has 0 spiro atoms. The van der Waals surface area contributed by atoms with Crippen LogP contribution in [0.1, 0.15) is 18.4 Å². The van der Waals surface area contributed by atoms with Crippen LogP contribution in [0, 0.1) is 12.7 Å². The van der Waals surface area contributed by atoms with Crippen molar-refractivity contribution in [2.24, 2.45) is 0 Å². The van der Waals surface area contributed by atoms with Crippen LogP contribution in [0.5, 0.6) is 0 Å². The topological polar surface area (TPSA) is 41.1 Å². The lowest BCUT2D eigenvalue weighted by molar-refractivity contribution is -0.117. The van der Waals surface area contributed by atoms with Crippen LogP contribution in [0.3, 0.4) is 0 Å². The summed E-state index contributed by atoms with van der Waals surface area (Å²) >= 11 is 0. The molecule has 16 heavy (non-hydrogen) atoms. The summed E-state index contributed by atoms with van der Waals surface area (Å²) in [5, 5.41) is 5.86. The summed E-state index contributed by atoms with van der Waals surface area (Å²) in [5.74, 6) is -0.411. The van der Waals surface area contributed by atoms with E-state index in [0.717, 1.165) is 24.9 Å². The zero-order valence-corrected chi connectivity index (χ0v) is 9.22. The van der Waals surface area contributed by atoms with Crippen molar-refractivity contribution >= 4 is 11.6 Å². The van der Waals surface area contributed by atoms with E-state index < -0.39 is 0 Å². The van der Waals surface area contributed by atoms with Gasteiger partial charge >= 0.3 is 0 Å². The second kappa shape index (κ2) is 4.61. The number of hydrogen-bond donors (Lipinski definition) is 2. The molecule has 0 radical (unpaired) electrons. The molecule has 1 aromatic carbocycles. The van der Waals surface area contributed by atoms with Gasteiger partial charge in [0.05, 0.1) is 6.04 Å². The van der Waals surface area contributed by atoms with Gasteiger partial charge in [-0.05, 0) is 44.0 Å². The minimum absolute atomic E-state index is 0.0776. The fourth-order valence-electron chi connectivity index (χ4n) is 1.86. The lowest BCUT2D eigenvalue weighted by Crippen LogP contribution is -2.35. The number of carbonyl (C=O) groups is 1. The molecule has 1 aliphatic rings. The summed E-state index contributed by atoms with van der Waals surface area (Å²) in [5.41, 5.74) is 1.42. The molecule has 1 aromatic rings. The normalized spacial score (nSPS) is 19.8. The molecule has 3 nitrogen and oxygen atoms in total. The van der Waals surface area contributed by atoms with Crippen molar-refractivity contribution in [1.82, 2.24) is 5.32 Å². The first-order valence-electron chi connectivity index (χ1n) is 5.47. The standard InChI is InChI=1S/C12H15FN2O/c1-8-4-5-9(13)7-11(8)15-12(16)10-3-2-6-14-10/h4-5,7,10,14H,2-3,6H2,1H3,(H,15,16)/t10-/m1/s1. The quantitative estimate of drug-likeness (QED) is 0.801. The monoisotopic (exact) mass is 222 g/mol. The molecule has 0 aliphatic carbocycles. The van der Waals surface area contributed by atoms with Crippen LogP contribution in [0.25, 0.3) is 0 Å². The van der Waals surface area contributed by atoms with Crippen LogP contribution >= 0.6 is 0 Å². The largest absolute Gasteiger partial charge is 0.324 e. The van der Waals surface area contributed by atoms with Gasteiger partial charge in [0.15, 0.2) is 0 Å². The fraction of sp³-hybridized carbons (Fsp3) is 0.417. The Hall–Kier alpha value is -1.42. The van der Waals surface area contributed by atoms with Crippen molar-refractivity contribution in [1.29, 1.82) is 0 Å². The first-order chi connectivity index (χ1) is 7.66. The molecule has 1 aliphatic heterocycles. The zero-order chi connectivity index (χ0) is 11.5. The van der Waals surface area contributed by atoms with E-state index in [1.165, 1.54) is 12.1 Å². The van der Waals surface area contributed by atoms with Crippen LogP contribution in [0.2, 0.25) is 0 Å². The number of nitrogens with one attached hydrogen (secondary N) is 2. The third-order valence-electron chi connectivity index (χ3n) is 2.83. The number of hydrogen-bond acceptors (Lipinski definition) is 2. The summed E-state index contributed by atoms with van der Waals surface area (Å²) in [4.78, 5) is 11.8. The Morgan fingerprint density at radius 2 is 2.38 bits per heavy atom. The van der Waals surface area contributed by atoms with Crippen LogP contribution < -0.4 is 10.6 Å². The maximum Gasteiger partial charge on any atom is 0.241 e. The van der Waals surface area contributed by atoms with Crippen LogP contribution in [0.4, 0.5) is 10.1 Å². The Morgan fingerprint density at radius 1 is 1.56 bits per heavy atom. The molecule has 1 amide bonds. The summed E-state index contributed by atoms with van der Waals surface area (Å²) in [6.07, 6.45) is 1.86. The molecule has 4 heteroatoms. The zero-order valence-electron chi connectivity index (χ0n) is 9.22. The smallest absolute Gasteiger partial charge is 0.241 e. The van der Waals surface area contributed by atoms with Gasteiger partial charge in [0.1, 0.15) is 5.82 Å². The summed E-state index contributed by atoms with van der Waals surface area (Å²) in [6.45, 7) is 2.72. The molecule has 2 rings (SSSR count). The maximum atomic E-state index is 13.0. The van der Waals surface area contributed by atoms with E-state index >= 15 is 0 Å². The summed E-state index contributed by atoms with van der Waals surface area (Å²) < 4.78 is 13.0. The van der Waals surface area contributed by atoms with Crippen molar-refractivity contribution in [3.05, 3.63) is 29.6 Å². The van der Waals surface area contributed by atoms with E-state index in [1.54, 1.807) is 6.07 Å². The molecule has 1 atom stereocenters. The van der Waals surface area contributed by atoms with E-state index in [0.29, 0.717) is 5.69 Å². The molecule has 1 heterocycles. The first kappa shape index (κ1) is 11.1. The van der Waals surface area contributed by atoms with Crippen molar-refractivity contribution in [2.45, 2.75) is 25.8 Å². The number of rotatable bonds is 2. The SMILES string of the molecule is Cc1ccc(F)cc1NC(=O)[C@H]1CCCN1. The van der Waals surface area contributed by atoms with Crippen molar-refractivity contribution < 1.29 is 9.18 Å². The Balaban J connectivity index is 2.07. The highest BCUT2D eigenvalue weighted by molar-refractivity contribution is 5.95. The molecule has 0 saturated carbocycles. The van der Waals surface area contributed by atoms with Crippen molar-refractivity contribution in [2.75, 3.05) is 11.9 Å². The van der Waals surface area contributed by atoms with Gasteiger partial charge in [-0.2, -0.15) is 0 Å². The van der Waals surface area contributed by atoms with Gasteiger partial charge in [-0.1, -0.05) is 6.07 Å². The molecule has 86 valence electrons. The van der Waals surface area contributed by atoms with Gasteiger partial charge in [0.25, 0.3) is 0 Å². The summed E-state index contributed by atoms with van der Waals surface area (Å²) in [6, 6.07) is 4.26. The molecule has 1 saturated heterocycles. The molecular formula is C12H15FN2O. The van der Waals surface area contributed by atoms with Gasteiger partial charge < -0.3 is 10.6 Å². The fourth-order valence-corrected chi connectivity index (χ4v) is 1.86. The van der Waals surface area contributed by atoms with E-state index in [4.69, 9.17) is 0 Å². The highest BCUT2D eigenvalue weighted by atomic mass is 19.1. The van der Waals surface area contributed by atoms with Gasteiger partial charge in [0.2, 0.25) is 5.91 Å². The highest BCUT2D eigenvalue weighted by Crippen LogP contribution is 2.17. The third-order valence-corrected chi connectivity index (χ3v) is 2.83. The van der Waals surface area contributed by atoms with Gasteiger partial charge in [-0.3, -0.25) is 4.79 Å². The molecule has 0 aromatic heterocycles. The van der Waals surface area contributed by atoms with Gasteiger partial charge in [0, 0.05) is 5.69 Å². The number of halogens is 1. The molecule has 0 unspecified atom stereocenters. The van der Waals surface area contributed by atoms with Crippen LogP contribution in [0.15, 0.2) is 18.2 Å². The van der Waals surface area contributed by atoms with Gasteiger partial charge in [-0.15, -0.1) is 0 Å². The third kappa shape index (κ3) is 2.39. The average molecular weight is 222 g/mol. The van der Waals surface area contributed by atoms with Crippen molar-refractivity contribution in [3.63, 3.8) is 0 Å². The maximum absolute atomic E-state index is 13.0. The predicted octanol–water partition coefficient (Wildman–Crippen LogP) is 1.82. The lowest BCUT2D eigenvalue weighted by Gasteiger charge is -2.12. The lowest BCUT2D eigenvalue weighted by atomic mass is 10.1. The minimum Gasteiger partial charge on any atom is -0.324 e. The number of anilines is 1. The van der Waals surface area contributed by atoms with Gasteiger partial charge in [-0.25, -0.2) is 4.39 Å². The second-order valence-corrected chi connectivity index (χ2v) is 4.10. The Kier molecular flexibility index (Phi) is 3.19. The Morgan fingerprint density at radius 3 is 3.06 bits per heavy atom. The molecule has 2 N–H and O–H groups in total. The number of amides is 1. The first-order valence-corrected chi connectivity index (χ1v) is 5.47. The molecular weight excluding hydrogens is 207 g/mol. The van der Waals surface area contributed by atoms with E-state index in [9.17, 15) is 9.18 Å². The van der Waals surface area contributed by atoms with Crippen LogP contribution in [-0.4, -0.2) is 18.5 Å². The number of benzene rings is 1. The molecule has 1 fully saturated rings. The second-order valence-electron chi connectivity index (χ2n) is 4.10. The van der Waals surface area contributed by atoms with E-state index in [1.807, 2.05) is 6.92 Å². The van der Waals surface area contributed by atoms with E-state index in [2.05, 4.69) is 10.6 Å². The molecule has 0 bridgehead atoms. The Labute approximate surface area is 94.0 Å². The van der Waals surface area contributed by atoms with Crippen LogP contribution in [-0.2, 0) is 4.79 Å². The predicted molar refractivity (Wildman–Crippen MR) is 60.8 cm³/mol. The van der Waals surface area contributed by atoms with Crippen molar-refractivity contribution in [3.8, 4) is 0 Å². The summed E-state index contributed by atoms with van der Waals surface area (Å²) in [7, 11) is 0. The number of aryl methyl sites for hydroxylation is 1. The average Bonchev–Trinajstić information content (AvgIpc) is 2.76. The Bertz CT molecular complexity index is 400. The minimum atomic E-state index is -0.333. The van der Waals surface area contributed by atoms with E-state index in [-0.39, 0.29) is 17.8 Å². The number of carbonyl (C=O) groups excluding carboxylic acids is 1.